The van der Waals surface area contributed by atoms with Crippen molar-refractivity contribution in [2.75, 3.05) is 7.11 Å². The molecule has 0 N–H and O–H groups in total. The highest BCUT2D eigenvalue weighted by Gasteiger charge is 2.42. The van der Waals surface area contributed by atoms with Crippen LogP contribution in [0.4, 0.5) is 0 Å². The van der Waals surface area contributed by atoms with Gasteiger partial charge in [0.2, 0.25) is 5.88 Å². The summed E-state index contributed by atoms with van der Waals surface area (Å²) in [7, 11) is 1.63. The number of ether oxygens (including phenoxy) is 1. The molecule has 1 aliphatic carbocycles. The average molecular weight is 375 g/mol. The molecule has 5 rings (SSSR count). The van der Waals surface area contributed by atoms with Crippen LogP contribution in [0, 0.1) is 6.92 Å². The molecule has 1 fully saturated rings. The first-order valence-electron chi connectivity index (χ1n) is 9.45. The summed E-state index contributed by atoms with van der Waals surface area (Å²) in [6, 6.07) is 10.1. The first kappa shape index (κ1) is 16.9. The molecule has 28 heavy (non-hydrogen) atoms. The van der Waals surface area contributed by atoms with E-state index in [4.69, 9.17) is 14.9 Å². The molecule has 4 heterocycles. The van der Waals surface area contributed by atoms with Crippen LogP contribution in [0.5, 0.6) is 5.88 Å². The summed E-state index contributed by atoms with van der Waals surface area (Å²) in [5.41, 5.74) is 4.99. The van der Waals surface area contributed by atoms with E-state index in [1.54, 1.807) is 11.6 Å². The van der Waals surface area contributed by atoms with Crippen molar-refractivity contribution in [2.45, 2.75) is 38.6 Å². The third-order valence-corrected chi connectivity index (χ3v) is 5.35. The molecule has 0 spiro atoms. The van der Waals surface area contributed by atoms with Crippen LogP contribution >= 0.6 is 0 Å². The third kappa shape index (κ3) is 2.72. The molecule has 4 aromatic heterocycles. The number of pyridine rings is 1. The van der Waals surface area contributed by atoms with Crippen molar-refractivity contribution in [1.29, 1.82) is 0 Å². The van der Waals surface area contributed by atoms with Gasteiger partial charge in [0.25, 0.3) is 0 Å². The number of aromatic nitrogens is 7. The highest BCUT2D eigenvalue weighted by Crippen LogP contribution is 2.54. The number of aryl methyl sites for hydroxylation is 2. The summed E-state index contributed by atoms with van der Waals surface area (Å²) in [6.07, 6.45) is 3.00. The molecule has 2 unspecified atom stereocenters. The van der Waals surface area contributed by atoms with Crippen molar-refractivity contribution in [1.82, 2.24) is 34.6 Å². The number of hydrogen-bond acceptors (Lipinski definition) is 6. The smallest absolute Gasteiger partial charge is 0.212 e. The standard InChI is InChI=1S/C20H21N7O/c1-4-26-18(16-6-7-19-23-22-12(2)27(19)25-16)10-17(24-26)15-9-14(15)13-5-8-20(28-3)21-11-13/h5-8,10-11,14-15H,4,9H2,1-3H3. The lowest BCUT2D eigenvalue weighted by Gasteiger charge is -2.04. The minimum Gasteiger partial charge on any atom is -0.481 e. The fourth-order valence-electron chi connectivity index (χ4n) is 3.72. The summed E-state index contributed by atoms with van der Waals surface area (Å²) in [5, 5.41) is 17.8. The lowest BCUT2D eigenvalue weighted by molar-refractivity contribution is 0.397. The average Bonchev–Trinajstić information content (AvgIpc) is 3.28. The van der Waals surface area contributed by atoms with Gasteiger partial charge in [-0.25, -0.2) is 4.98 Å². The monoisotopic (exact) mass is 375 g/mol. The van der Waals surface area contributed by atoms with Gasteiger partial charge in [-0.05, 0) is 49.9 Å². The molecule has 0 aromatic carbocycles. The Morgan fingerprint density at radius 2 is 2.00 bits per heavy atom. The number of rotatable bonds is 5. The summed E-state index contributed by atoms with van der Waals surface area (Å²) < 4.78 is 8.94. The van der Waals surface area contributed by atoms with Crippen molar-refractivity contribution >= 4 is 5.65 Å². The second-order valence-corrected chi connectivity index (χ2v) is 7.09. The van der Waals surface area contributed by atoms with Crippen LogP contribution in [0.25, 0.3) is 17.0 Å². The van der Waals surface area contributed by atoms with Crippen molar-refractivity contribution in [3.63, 3.8) is 0 Å². The molecule has 2 atom stereocenters. The zero-order chi connectivity index (χ0) is 19.3. The normalized spacial score (nSPS) is 18.5. The lowest BCUT2D eigenvalue weighted by Crippen LogP contribution is -2.03. The van der Waals surface area contributed by atoms with Gasteiger partial charge in [0.1, 0.15) is 5.69 Å². The Hall–Kier alpha value is -3.29. The molecule has 8 heteroatoms. The predicted molar refractivity (Wildman–Crippen MR) is 103 cm³/mol. The molecule has 4 aromatic rings. The zero-order valence-corrected chi connectivity index (χ0v) is 16.1. The minimum atomic E-state index is 0.419. The number of hydrogen-bond donors (Lipinski definition) is 0. The number of fused-ring (bicyclic) bond motifs is 1. The Bertz CT molecular complexity index is 1150. The van der Waals surface area contributed by atoms with E-state index >= 15 is 0 Å². The van der Waals surface area contributed by atoms with Gasteiger partial charge in [-0.2, -0.15) is 14.7 Å². The molecule has 0 amide bonds. The lowest BCUT2D eigenvalue weighted by atomic mass is 10.1. The van der Waals surface area contributed by atoms with Crippen LogP contribution in [0.2, 0.25) is 0 Å². The quantitative estimate of drug-likeness (QED) is 0.533. The molecule has 8 nitrogen and oxygen atoms in total. The van der Waals surface area contributed by atoms with Crippen molar-refractivity contribution in [3.8, 4) is 17.3 Å². The van der Waals surface area contributed by atoms with E-state index in [-0.39, 0.29) is 0 Å². The van der Waals surface area contributed by atoms with E-state index in [0.29, 0.717) is 17.7 Å². The number of nitrogens with zero attached hydrogens (tertiary/aromatic N) is 7. The maximum atomic E-state index is 5.15. The Kier molecular flexibility index (Phi) is 3.85. The molecule has 142 valence electrons. The maximum Gasteiger partial charge on any atom is 0.212 e. The van der Waals surface area contributed by atoms with E-state index < -0.39 is 0 Å². The fraction of sp³-hybridized carbons (Fsp3) is 0.350. The van der Waals surface area contributed by atoms with Gasteiger partial charge in [0.05, 0.1) is 18.5 Å². The first-order valence-corrected chi connectivity index (χ1v) is 9.45. The summed E-state index contributed by atoms with van der Waals surface area (Å²) in [6.45, 7) is 4.79. The van der Waals surface area contributed by atoms with Crippen LogP contribution in [0.3, 0.4) is 0 Å². The van der Waals surface area contributed by atoms with Gasteiger partial charge in [0.15, 0.2) is 11.5 Å². The number of methoxy groups -OCH3 is 1. The van der Waals surface area contributed by atoms with Gasteiger partial charge in [-0.15, -0.1) is 10.2 Å². The molecule has 1 saturated carbocycles. The molecule has 0 radical (unpaired) electrons. The van der Waals surface area contributed by atoms with Gasteiger partial charge in [-0.3, -0.25) is 4.68 Å². The topological polar surface area (TPSA) is 83.0 Å². The fourth-order valence-corrected chi connectivity index (χ4v) is 3.72. The molecular formula is C20H21N7O. The maximum absolute atomic E-state index is 5.15. The second kappa shape index (κ2) is 6.40. The molecule has 1 aliphatic rings. The van der Waals surface area contributed by atoms with Crippen LogP contribution in [0.15, 0.2) is 36.5 Å². The highest BCUT2D eigenvalue weighted by molar-refractivity contribution is 5.58. The minimum absolute atomic E-state index is 0.419. The van der Waals surface area contributed by atoms with Gasteiger partial charge >= 0.3 is 0 Å². The van der Waals surface area contributed by atoms with Crippen LogP contribution in [-0.2, 0) is 6.54 Å². The first-order chi connectivity index (χ1) is 13.7. The van der Waals surface area contributed by atoms with E-state index in [1.807, 2.05) is 36.0 Å². The molecule has 0 bridgehead atoms. The molecule has 0 aliphatic heterocycles. The van der Waals surface area contributed by atoms with Crippen molar-refractivity contribution in [2.24, 2.45) is 0 Å². The summed E-state index contributed by atoms with van der Waals surface area (Å²) in [5.74, 6) is 2.29. The Morgan fingerprint density at radius 3 is 2.75 bits per heavy atom. The predicted octanol–water partition coefficient (Wildman–Crippen LogP) is 2.99. The Morgan fingerprint density at radius 1 is 1.11 bits per heavy atom. The summed E-state index contributed by atoms with van der Waals surface area (Å²) >= 11 is 0. The SMILES string of the molecule is CCn1nc(C2CC2c2ccc(OC)nc2)cc1-c1ccc2nnc(C)n2n1. The Balaban J connectivity index is 1.46. The van der Waals surface area contributed by atoms with Crippen LogP contribution in [-0.4, -0.2) is 41.7 Å². The Labute approximate surface area is 162 Å². The van der Waals surface area contributed by atoms with E-state index in [2.05, 4.69) is 34.2 Å². The zero-order valence-electron chi connectivity index (χ0n) is 16.1. The largest absolute Gasteiger partial charge is 0.481 e. The summed E-state index contributed by atoms with van der Waals surface area (Å²) in [4.78, 5) is 4.33. The van der Waals surface area contributed by atoms with E-state index in [9.17, 15) is 0 Å². The third-order valence-electron chi connectivity index (χ3n) is 5.35. The van der Waals surface area contributed by atoms with Crippen LogP contribution < -0.4 is 4.74 Å². The molecule has 0 saturated heterocycles. The van der Waals surface area contributed by atoms with Crippen LogP contribution in [0.1, 0.15) is 42.3 Å². The highest BCUT2D eigenvalue weighted by atomic mass is 16.5. The van der Waals surface area contributed by atoms with E-state index in [0.717, 1.165) is 41.5 Å². The second-order valence-electron chi connectivity index (χ2n) is 7.09. The van der Waals surface area contributed by atoms with Gasteiger partial charge < -0.3 is 4.74 Å². The van der Waals surface area contributed by atoms with Crippen molar-refractivity contribution < 1.29 is 4.74 Å². The van der Waals surface area contributed by atoms with E-state index in [1.165, 1.54) is 5.56 Å². The van der Waals surface area contributed by atoms with Gasteiger partial charge in [-0.1, -0.05) is 6.07 Å². The van der Waals surface area contributed by atoms with Gasteiger partial charge in [0, 0.05) is 24.7 Å². The van der Waals surface area contributed by atoms with Crippen molar-refractivity contribution in [3.05, 3.63) is 53.6 Å². The molecular weight excluding hydrogens is 354 g/mol.